The minimum absolute atomic E-state index is 0.178. The maximum atomic E-state index is 11.1. The van der Waals surface area contributed by atoms with Crippen LogP contribution in [-0.2, 0) is 22.5 Å². The molecule has 19 heavy (non-hydrogen) atoms. The maximum absolute atomic E-state index is 11.1. The molecule has 5 heteroatoms. The van der Waals surface area contributed by atoms with Crippen molar-refractivity contribution in [3.8, 4) is 5.75 Å². The van der Waals surface area contributed by atoms with E-state index in [2.05, 4.69) is 37.7 Å². The third-order valence-electron chi connectivity index (χ3n) is 3.19. The van der Waals surface area contributed by atoms with Crippen molar-refractivity contribution in [2.75, 3.05) is 27.3 Å². The van der Waals surface area contributed by atoms with E-state index in [9.17, 15) is 4.79 Å². The number of nitrogens with zero attached hydrogens (tertiary/aromatic N) is 1. The Morgan fingerprint density at radius 1 is 1.53 bits per heavy atom. The highest BCUT2D eigenvalue weighted by Crippen LogP contribution is 2.33. The lowest BCUT2D eigenvalue weighted by Gasteiger charge is -2.18. The Kier molecular flexibility index (Phi) is 4.82. The first-order valence-corrected chi connectivity index (χ1v) is 7.09. The van der Waals surface area contributed by atoms with Gasteiger partial charge in [0.25, 0.3) is 0 Å². The molecule has 0 saturated carbocycles. The van der Waals surface area contributed by atoms with Crippen molar-refractivity contribution in [2.24, 2.45) is 0 Å². The molecule has 1 heterocycles. The number of ether oxygens (including phenoxy) is 2. The van der Waals surface area contributed by atoms with Gasteiger partial charge in [0.1, 0.15) is 5.75 Å². The molecule has 0 spiro atoms. The van der Waals surface area contributed by atoms with E-state index in [1.54, 1.807) is 0 Å². The van der Waals surface area contributed by atoms with Gasteiger partial charge in [-0.05, 0) is 24.7 Å². The van der Waals surface area contributed by atoms with Gasteiger partial charge >= 0.3 is 5.97 Å². The molecule has 0 aliphatic carbocycles. The first-order chi connectivity index (χ1) is 9.10. The van der Waals surface area contributed by atoms with Crippen molar-refractivity contribution >= 4 is 21.9 Å². The number of hydrogen-bond acceptors (Lipinski definition) is 4. The quantitative estimate of drug-likeness (QED) is 0.778. The van der Waals surface area contributed by atoms with Crippen molar-refractivity contribution in [1.82, 2.24) is 4.90 Å². The maximum Gasteiger partial charge on any atom is 0.306 e. The Morgan fingerprint density at radius 3 is 3.05 bits per heavy atom. The zero-order chi connectivity index (χ0) is 13.8. The first kappa shape index (κ1) is 14.3. The number of methoxy groups -OCH3 is 1. The molecule has 0 bridgehead atoms. The summed E-state index contributed by atoms with van der Waals surface area (Å²) < 4.78 is 11.4. The molecule has 0 N–H and O–H groups in total. The van der Waals surface area contributed by atoms with Crippen LogP contribution in [0.15, 0.2) is 16.6 Å². The van der Waals surface area contributed by atoms with Crippen molar-refractivity contribution in [3.63, 3.8) is 0 Å². The number of carbonyl (C=O) groups is 1. The predicted molar refractivity (Wildman–Crippen MR) is 76.3 cm³/mol. The summed E-state index contributed by atoms with van der Waals surface area (Å²) in [6.45, 7) is 2.19. The smallest absolute Gasteiger partial charge is 0.306 e. The molecule has 1 aliphatic heterocycles. The third kappa shape index (κ3) is 3.70. The molecule has 1 aromatic rings. The molecule has 1 aromatic carbocycles. The van der Waals surface area contributed by atoms with E-state index in [1.165, 1.54) is 12.7 Å². The molecule has 1 aliphatic rings. The molecule has 0 atom stereocenters. The lowest BCUT2D eigenvalue weighted by molar-refractivity contribution is -0.140. The third-order valence-corrected chi connectivity index (χ3v) is 3.65. The van der Waals surface area contributed by atoms with E-state index < -0.39 is 0 Å². The van der Waals surface area contributed by atoms with Crippen LogP contribution in [0, 0.1) is 0 Å². The van der Waals surface area contributed by atoms with Crippen LogP contribution in [0.1, 0.15) is 17.5 Å². The molecular formula is C14H18BrNO3. The average Bonchev–Trinajstić information content (AvgIpc) is 2.84. The molecular weight excluding hydrogens is 310 g/mol. The topological polar surface area (TPSA) is 38.8 Å². The highest BCUT2D eigenvalue weighted by molar-refractivity contribution is 9.10. The van der Waals surface area contributed by atoms with Crippen molar-refractivity contribution in [1.29, 1.82) is 0 Å². The van der Waals surface area contributed by atoms with Crippen LogP contribution in [0.2, 0.25) is 0 Å². The minimum atomic E-state index is -0.178. The summed E-state index contributed by atoms with van der Waals surface area (Å²) in [4.78, 5) is 13.2. The molecule has 0 fully saturated rings. The number of halogens is 1. The van der Waals surface area contributed by atoms with E-state index in [1.807, 2.05) is 7.05 Å². The van der Waals surface area contributed by atoms with Crippen LogP contribution < -0.4 is 4.74 Å². The van der Waals surface area contributed by atoms with E-state index >= 15 is 0 Å². The Hall–Kier alpha value is -1.07. The molecule has 2 rings (SSSR count). The van der Waals surface area contributed by atoms with Crippen molar-refractivity contribution < 1.29 is 14.3 Å². The van der Waals surface area contributed by atoms with Crippen LogP contribution >= 0.6 is 15.9 Å². The second kappa shape index (κ2) is 6.39. The number of rotatable bonds is 5. The van der Waals surface area contributed by atoms with Gasteiger partial charge in [0.15, 0.2) is 0 Å². The van der Waals surface area contributed by atoms with Crippen LogP contribution in [0.4, 0.5) is 0 Å². The van der Waals surface area contributed by atoms with Crippen LogP contribution in [0.5, 0.6) is 5.75 Å². The van der Waals surface area contributed by atoms with Gasteiger partial charge in [0.2, 0.25) is 0 Å². The summed E-state index contributed by atoms with van der Waals surface area (Å²) in [6, 6.07) is 4.19. The lowest BCUT2D eigenvalue weighted by Crippen LogP contribution is -2.22. The van der Waals surface area contributed by atoms with E-state index in [-0.39, 0.29) is 5.97 Å². The van der Waals surface area contributed by atoms with Crippen LogP contribution in [0.3, 0.4) is 0 Å². The SMILES string of the molecule is COC(=O)CCN(C)Cc1cc(Br)cc2c1OCC2. The standard InChI is InChI=1S/C14H18BrNO3/c1-16(5-3-13(17)18-2)9-11-8-12(15)7-10-4-6-19-14(10)11/h7-8H,3-6,9H2,1-2H3. The van der Waals surface area contributed by atoms with Crippen LogP contribution in [0.25, 0.3) is 0 Å². The highest BCUT2D eigenvalue weighted by Gasteiger charge is 2.18. The number of fused-ring (bicyclic) bond motifs is 1. The summed E-state index contributed by atoms with van der Waals surface area (Å²) in [7, 11) is 3.41. The summed E-state index contributed by atoms with van der Waals surface area (Å²) in [5, 5.41) is 0. The second-order valence-corrected chi connectivity index (χ2v) is 5.63. The Morgan fingerprint density at radius 2 is 2.32 bits per heavy atom. The van der Waals surface area contributed by atoms with Gasteiger partial charge in [-0.25, -0.2) is 0 Å². The lowest BCUT2D eigenvalue weighted by atomic mass is 10.1. The Bertz CT molecular complexity index is 476. The summed E-state index contributed by atoms with van der Waals surface area (Å²) in [5.74, 6) is 0.829. The first-order valence-electron chi connectivity index (χ1n) is 6.29. The minimum Gasteiger partial charge on any atom is -0.493 e. The summed E-state index contributed by atoms with van der Waals surface area (Å²) in [6.07, 6.45) is 1.37. The van der Waals surface area contributed by atoms with Gasteiger partial charge in [0.05, 0.1) is 20.1 Å². The van der Waals surface area contributed by atoms with Gasteiger partial charge < -0.3 is 14.4 Å². The van der Waals surface area contributed by atoms with Gasteiger partial charge in [0, 0.05) is 29.5 Å². The van der Waals surface area contributed by atoms with Crippen molar-refractivity contribution in [3.05, 3.63) is 27.7 Å². The fraction of sp³-hybridized carbons (Fsp3) is 0.500. The fourth-order valence-electron chi connectivity index (χ4n) is 2.22. The largest absolute Gasteiger partial charge is 0.493 e. The zero-order valence-electron chi connectivity index (χ0n) is 11.2. The van der Waals surface area contributed by atoms with Gasteiger partial charge in [-0.2, -0.15) is 0 Å². The molecule has 0 saturated heterocycles. The highest BCUT2D eigenvalue weighted by atomic mass is 79.9. The monoisotopic (exact) mass is 327 g/mol. The molecule has 0 radical (unpaired) electrons. The normalized spacial score (nSPS) is 13.3. The molecule has 0 unspecified atom stereocenters. The number of benzene rings is 1. The molecule has 4 nitrogen and oxygen atoms in total. The zero-order valence-corrected chi connectivity index (χ0v) is 12.8. The van der Waals surface area contributed by atoms with Crippen molar-refractivity contribution in [2.45, 2.75) is 19.4 Å². The average molecular weight is 328 g/mol. The van der Waals surface area contributed by atoms with E-state index in [0.29, 0.717) is 13.0 Å². The Balaban J connectivity index is 2.01. The summed E-state index contributed by atoms with van der Waals surface area (Å²) >= 11 is 3.53. The fourth-order valence-corrected chi connectivity index (χ4v) is 2.77. The van der Waals surface area contributed by atoms with Crippen LogP contribution in [-0.4, -0.2) is 38.2 Å². The van der Waals surface area contributed by atoms with Gasteiger partial charge in [-0.3, -0.25) is 4.79 Å². The van der Waals surface area contributed by atoms with Gasteiger partial charge in [-0.1, -0.05) is 15.9 Å². The molecule has 0 amide bonds. The van der Waals surface area contributed by atoms with E-state index in [4.69, 9.17) is 4.74 Å². The number of hydrogen-bond donors (Lipinski definition) is 0. The number of esters is 1. The second-order valence-electron chi connectivity index (χ2n) is 4.72. The Labute approximate surface area is 121 Å². The predicted octanol–water partition coefficient (Wildman–Crippen LogP) is 2.38. The summed E-state index contributed by atoms with van der Waals surface area (Å²) in [5.41, 5.74) is 2.42. The number of carbonyl (C=O) groups excluding carboxylic acids is 1. The molecule has 0 aromatic heterocycles. The van der Waals surface area contributed by atoms with Gasteiger partial charge in [-0.15, -0.1) is 0 Å². The van der Waals surface area contributed by atoms with E-state index in [0.717, 1.165) is 35.4 Å². The molecule has 104 valence electrons.